The molecule has 1 fully saturated rings. The van der Waals surface area contributed by atoms with Crippen molar-refractivity contribution in [1.29, 1.82) is 0 Å². The molecule has 0 spiro atoms. The first-order chi connectivity index (χ1) is 16.9. The normalized spacial score (nSPS) is 14.7. The first-order valence-electron chi connectivity index (χ1n) is 11.2. The second kappa shape index (κ2) is 9.67. The lowest BCUT2D eigenvalue weighted by Crippen LogP contribution is -2.49. The molecule has 0 bridgehead atoms. The molecule has 2 N–H and O–H groups in total. The third-order valence-corrected chi connectivity index (χ3v) is 8.19. The van der Waals surface area contributed by atoms with Crippen molar-refractivity contribution in [2.75, 3.05) is 36.8 Å². The van der Waals surface area contributed by atoms with Crippen molar-refractivity contribution < 1.29 is 14.4 Å². The Hall–Kier alpha value is -3.44. The zero-order chi connectivity index (χ0) is 24.5. The Labute approximate surface area is 210 Å². The SMILES string of the molecule is CC(=O)Nc1cccc(Nc2ncc3c(n2)-c2cc(C(=O)N4CCN(C(C)=O)CC4)sc2CS3)c1. The summed E-state index contributed by atoms with van der Waals surface area (Å²) >= 11 is 3.17. The lowest BCUT2D eigenvalue weighted by Gasteiger charge is -2.33. The number of fused-ring (bicyclic) bond motifs is 3. The number of anilines is 3. The van der Waals surface area contributed by atoms with Crippen molar-refractivity contribution in [2.24, 2.45) is 0 Å². The van der Waals surface area contributed by atoms with Crippen molar-refractivity contribution in [3.05, 3.63) is 46.3 Å². The van der Waals surface area contributed by atoms with Gasteiger partial charge in [-0.15, -0.1) is 23.1 Å². The molecule has 5 rings (SSSR count). The Balaban J connectivity index is 1.36. The van der Waals surface area contributed by atoms with Crippen LogP contribution in [0.5, 0.6) is 0 Å². The van der Waals surface area contributed by atoms with E-state index in [1.807, 2.05) is 35.2 Å². The zero-order valence-electron chi connectivity index (χ0n) is 19.3. The third kappa shape index (κ3) is 5.01. The van der Waals surface area contributed by atoms with Gasteiger partial charge < -0.3 is 20.4 Å². The Bertz CT molecular complexity index is 1320. The standard InChI is InChI=1S/C24H24N6O3S2/c1-14(31)26-16-4-3-5-17(10-16)27-24-25-12-20-22(28-24)18-11-19(35-21(18)13-34-20)23(33)30-8-6-29(7-9-30)15(2)32/h3-5,10-12H,6-9,13H2,1-2H3,(H,26,31)(H,25,27,28). The molecule has 2 aliphatic rings. The van der Waals surface area contributed by atoms with Gasteiger partial charge in [-0.3, -0.25) is 14.4 Å². The van der Waals surface area contributed by atoms with Crippen LogP contribution in [0.4, 0.5) is 17.3 Å². The molecule has 4 heterocycles. The molecule has 3 aromatic rings. The van der Waals surface area contributed by atoms with E-state index >= 15 is 0 Å². The Morgan fingerprint density at radius 1 is 1.00 bits per heavy atom. The van der Waals surface area contributed by atoms with E-state index in [9.17, 15) is 14.4 Å². The van der Waals surface area contributed by atoms with Gasteiger partial charge in [-0.2, -0.15) is 0 Å². The van der Waals surface area contributed by atoms with Crippen LogP contribution < -0.4 is 10.6 Å². The third-order valence-electron chi connectivity index (χ3n) is 5.84. The molecule has 2 aromatic heterocycles. The monoisotopic (exact) mass is 508 g/mol. The minimum absolute atomic E-state index is 0.00124. The highest BCUT2D eigenvalue weighted by Gasteiger charge is 2.28. The van der Waals surface area contributed by atoms with E-state index in [2.05, 4.69) is 15.6 Å². The fraction of sp³-hybridized carbons (Fsp3) is 0.292. The van der Waals surface area contributed by atoms with Crippen LogP contribution in [0.15, 0.2) is 41.4 Å². The highest BCUT2D eigenvalue weighted by molar-refractivity contribution is 7.98. The summed E-state index contributed by atoms with van der Waals surface area (Å²) in [4.78, 5) is 51.7. The number of hydrogen-bond acceptors (Lipinski definition) is 8. The number of thioether (sulfide) groups is 1. The van der Waals surface area contributed by atoms with Crippen LogP contribution in [-0.4, -0.2) is 63.7 Å². The van der Waals surface area contributed by atoms with E-state index in [4.69, 9.17) is 4.98 Å². The summed E-state index contributed by atoms with van der Waals surface area (Å²) in [7, 11) is 0. The van der Waals surface area contributed by atoms with Crippen molar-refractivity contribution in [1.82, 2.24) is 19.8 Å². The topological polar surface area (TPSA) is 108 Å². The molecule has 1 aromatic carbocycles. The number of rotatable bonds is 4. The van der Waals surface area contributed by atoms with Gasteiger partial charge in [0, 0.05) is 73.8 Å². The predicted molar refractivity (Wildman–Crippen MR) is 137 cm³/mol. The minimum atomic E-state index is -0.139. The molecular formula is C24H24N6O3S2. The number of hydrogen-bond donors (Lipinski definition) is 2. The van der Waals surface area contributed by atoms with Gasteiger partial charge in [0.25, 0.3) is 5.91 Å². The molecule has 9 nitrogen and oxygen atoms in total. The van der Waals surface area contributed by atoms with Crippen molar-refractivity contribution in [2.45, 2.75) is 24.5 Å². The molecule has 35 heavy (non-hydrogen) atoms. The number of amides is 3. The van der Waals surface area contributed by atoms with E-state index in [1.54, 1.807) is 29.8 Å². The van der Waals surface area contributed by atoms with Gasteiger partial charge in [0.05, 0.1) is 15.5 Å². The van der Waals surface area contributed by atoms with E-state index in [1.165, 1.54) is 18.3 Å². The van der Waals surface area contributed by atoms with Crippen LogP contribution in [0.3, 0.4) is 0 Å². The smallest absolute Gasteiger partial charge is 0.264 e. The molecule has 3 amide bonds. The van der Waals surface area contributed by atoms with E-state index in [0.29, 0.717) is 42.7 Å². The van der Waals surface area contributed by atoms with Crippen molar-refractivity contribution >= 4 is 58.1 Å². The van der Waals surface area contributed by atoms with Gasteiger partial charge in [0.2, 0.25) is 17.8 Å². The fourth-order valence-electron chi connectivity index (χ4n) is 4.10. The maximum absolute atomic E-state index is 13.2. The molecular weight excluding hydrogens is 484 g/mol. The molecule has 0 unspecified atom stereocenters. The summed E-state index contributed by atoms with van der Waals surface area (Å²) in [5.41, 5.74) is 3.21. The molecule has 0 atom stereocenters. The number of carbonyl (C=O) groups is 3. The first kappa shape index (κ1) is 23.3. The average molecular weight is 509 g/mol. The van der Waals surface area contributed by atoms with Crippen LogP contribution in [0, 0.1) is 0 Å². The average Bonchev–Trinajstić information content (AvgIpc) is 3.28. The lowest BCUT2D eigenvalue weighted by molar-refractivity contribution is -0.130. The van der Waals surface area contributed by atoms with E-state index in [0.717, 1.165) is 32.5 Å². The summed E-state index contributed by atoms with van der Waals surface area (Å²) in [5, 5.41) is 5.97. The quantitative estimate of drug-likeness (QED) is 0.552. The summed E-state index contributed by atoms with van der Waals surface area (Å²) < 4.78 is 0. The molecule has 180 valence electrons. The number of carbonyl (C=O) groups excluding carboxylic acids is 3. The molecule has 11 heteroatoms. The molecule has 0 radical (unpaired) electrons. The second-order valence-corrected chi connectivity index (χ2v) is 10.5. The fourth-order valence-corrected chi connectivity index (χ4v) is 6.30. The maximum atomic E-state index is 13.2. The predicted octanol–water partition coefficient (Wildman–Crippen LogP) is 3.82. The Kier molecular flexibility index (Phi) is 6.44. The van der Waals surface area contributed by atoms with Gasteiger partial charge in [-0.25, -0.2) is 9.97 Å². The number of nitrogens with one attached hydrogen (secondary N) is 2. The van der Waals surface area contributed by atoms with Gasteiger partial charge in [0.15, 0.2) is 0 Å². The van der Waals surface area contributed by atoms with Crippen LogP contribution >= 0.6 is 23.1 Å². The van der Waals surface area contributed by atoms with Gasteiger partial charge >= 0.3 is 0 Å². The summed E-state index contributed by atoms with van der Waals surface area (Å²) in [6.07, 6.45) is 1.80. The maximum Gasteiger partial charge on any atom is 0.264 e. The number of nitrogens with zero attached hydrogens (tertiary/aromatic N) is 4. The number of aromatic nitrogens is 2. The largest absolute Gasteiger partial charge is 0.339 e. The first-order valence-corrected chi connectivity index (χ1v) is 13.0. The molecule has 0 aliphatic carbocycles. The molecule has 2 aliphatic heterocycles. The number of benzene rings is 1. The molecule has 0 saturated carbocycles. The van der Waals surface area contributed by atoms with Crippen molar-refractivity contribution in [3.63, 3.8) is 0 Å². The number of piperazine rings is 1. The van der Waals surface area contributed by atoms with Crippen LogP contribution in [-0.2, 0) is 15.3 Å². The van der Waals surface area contributed by atoms with Crippen LogP contribution in [0.2, 0.25) is 0 Å². The summed E-state index contributed by atoms with van der Waals surface area (Å²) in [5.74, 6) is 1.12. The molecule has 1 saturated heterocycles. The second-order valence-electron chi connectivity index (χ2n) is 8.33. The Morgan fingerprint density at radius 3 is 2.49 bits per heavy atom. The van der Waals surface area contributed by atoms with E-state index < -0.39 is 0 Å². The van der Waals surface area contributed by atoms with Crippen LogP contribution in [0.1, 0.15) is 28.4 Å². The van der Waals surface area contributed by atoms with Gasteiger partial charge in [0.1, 0.15) is 0 Å². The highest BCUT2D eigenvalue weighted by atomic mass is 32.2. The van der Waals surface area contributed by atoms with Crippen molar-refractivity contribution in [3.8, 4) is 11.3 Å². The summed E-state index contributed by atoms with van der Waals surface area (Å²) in [6.45, 7) is 5.24. The van der Waals surface area contributed by atoms with Gasteiger partial charge in [-0.1, -0.05) is 6.07 Å². The highest BCUT2D eigenvalue weighted by Crippen LogP contribution is 2.44. The zero-order valence-corrected chi connectivity index (χ0v) is 21.0. The lowest BCUT2D eigenvalue weighted by atomic mass is 10.1. The Morgan fingerprint density at radius 2 is 1.74 bits per heavy atom. The van der Waals surface area contributed by atoms with Crippen LogP contribution in [0.25, 0.3) is 11.3 Å². The summed E-state index contributed by atoms with van der Waals surface area (Å²) in [6, 6.07) is 9.28. The minimum Gasteiger partial charge on any atom is -0.339 e. The van der Waals surface area contributed by atoms with E-state index in [-0.39, 0.29) is 17.7 Å². The number of thiophene rings is 1. The van der Waals surface area contributed by atoms with Gasteiger partial charge in [-0.05, 0) is 24.3 Å².